The summed E-state index contributed by atoms with van der Waals surface area (Å²) in [6, 6.07) is 0. The molecule has 0 fully saturated rings. The van der Waals surface area contributed by atoms with E-state index >= 15 is 0 Å². The molecule has 0 aliphatic carbocycles. The standard InChI is InChI=1S/2C8H12N.2C2H6N.Zr/c2*1-5-6(2)8(4)9-7(5)3;2*1-3-2;/h2*1-4H3;2*1-2H3;/q4*-1;+4. The quantitative estimate of drug-likeness (QED) is 0.539. The Kier molecular flexibility index (Phi) is 18.2. The van der Waals surface area contributed by atoms with Crippen LogP contribution in [0.2, 0.25) is 0 Å². The second-order valence-corrected chi connectivity index (χ2v) is 5.96. The van der Waals surface area contributed by atoms with Gasteiger partial charge in [-0.15, -0.1) is 22.5 Å². The maximum atomic E-state index is 4.31. The first kappa shape index (κ1) is 29.1. The Balaban J connectivity index is -0.000000287. The number of aryl methyl sites for hydroxylation is 4. The molecule has 0 unspecified atom stereocenters. The van der Waals surface area contributed by atoms with Gasteiger partial charge in [-0.3, -0.25) is 0 Å². The van der Waals surface area contributed by atoms with Gasteiger partial charge in [0.2, 0.25) is 0 Å². The van der Waals surface area contributed by atoms with Crippen molar-refractivity contribution in [1.82, 2.24) is 9.97 Å². The van der Waals surface area contributed by atoms with E-state index in [2.05, 4.69) is 76.0 Å². The van der Waals surface area contributed by atoms with Crippen LogP contribution in [-0.2, 0) is 26.2 Å². The molecule has 0 bridgehead atoms. The van der Waals surface area contributed by atoms with E-state index in [-0.39, 0.29) is 26.2 Å². The summed E-state index contributed by atoms with van der Waals surface area (Å²) in [5.74, 6) is 0. The monoisotopic (exact) mass is 422 g/mol. The number of aromatic nitrogens is 2. The molecule has 2 aromatic rings. The predicted molar refractivity (Wildman–Crippen MR) is 108 cm³/mol. The van der Waals surface area contributed by atoms with Crippen molar-refractivity contribution in [2.75, 3.05) is 28.2 Å². The average Bonchev–Trinajstić information content (AvgIpc) is 2.86. The van der Waals surface area contributed by atoms with Crippen LogP contribution in [0.1, 0.15) is 45.0 Å². The Bertz CT molecular complexity index is 486. The van der Waals surface area contributed by atoms with Crippen LogP contribution in [0, 0.1) is 55.4 Å². The molecule has 0 saturated carbocycles. The largest absolute Gasteiger partial charge is 4.00 e. The molecule has 0 aliphatic rings. The summed E-state index contributed by atoms with van der Waals surface area (Å²) < 4.78 is 0. The summed E-state index contributed by atoms with van der Waals surface area (Å²) in [5.41, 5.74) is 10.0. The van der Waals surface area contributed by atoms with Gasteiger partial charge in [0.1, 0.15) is 0 Å². The zero-order chi connectivity index (χ0) is 19.4. The van der Waals surface area contributed by atoms with E-state index in [1.807, 2.05) is 0 Å². The van der Waals surface area contributed by atoms with Crippen molar-refractivity contribution >= 4 is 0 Å². The van der Waals surface area contributed by atoms with Crippen molar-refractivity contribution in [3.8, 4) is 0 Å². The topological polar surface area (TPSA) is 54.0 Å². The molecule has 0 radical (unpaired) electrons. The van der Waals surface area contributed by atoms with E-state index in [0.717, 1.165) is 0 Å². The van der Waals surface area contributed by atoms with Gasteiger partial charge in [-0.1, -0.05) is 66.8 Å². The van der Waals surface area contributed by atoms with Crippen LogP contribution in [0.15, 0.2) is 0 Å². The molecule has 5 heteroatoms. The summed E-state index contributed by atoms with van der Waals surface area (Å²) in [6.45, 7) is 16.7. The third-order valence-corrected chi connectivity index (χ3v) is 3.97. The molecule has 0 spiro atoms. The molecule has 2 heterocycles. The molecular formula is C20H36N4Zr. The Morgan fingerprint density at radius 2 is 0.800 bits per heavy atom. The Morgan fingerprint density at radius 3 is 0.840 bits per heavy atom. The number of rotatable bonds is 0. The van der Waals surface area contributed by atoms with Crippen LogP contribution >= 0.6 is 0 Å². The molecule has 4 nitrogen and oxygen atoms in total. The van der Waals surface area contributed by atoms with Crippen molar-refractivity contribution in [2.24, 2.45) is 0 Å². The minimum atomic E-state index is 0. The minimum absolute atomic E-state index is 0. The molecule has 0 N–H and O–H groups in total. The molecular weight excluding hydrogens is 387 g/mol. The third kappa shape index (κ3) is 10.8. The second-order valence-electron chi connectivity index (χ2n) is 5.96. The first-order valence-corrected chi connectivity index (χ1v) is 8.18. The van der Waals surface area contributed by atoms with Gasteiger partial charge in [0.15, 0.2) is 0 Å². The fourth-order valence-electron chi connectivity index (χ4n) is 1.92. The summed E-state index contributed by atoms with van der Waals surface area (Å²) in [7, 11) is 7.00. The van der Waals surface area contributed by atoms with Crippen LogP contribution in [0.5, 0.6) is 0 Å². The van der Waals surface area contributed by atoms with E-state index < -0.39 is 0 Å². The van der Waals surface area contributed by atoms with Gasteiger partial charge >= 0.3 is 26.2 Å². The Hall–Kier alpha value is -0.637. The molecule has 140 valence electrons. The zero-order valence-corrected chi connectivity index (χ0v) is 20.7. The number of hydrogen-bond acceptors (Lipinski definition) is 2. The molecule has 0 atom stereocenters. The van der Waals surface area contributed by atoms with Gasteiger partial charge in [0, 0.05) is 0 Å². The summed E-state index contributed by atoms with van der Waals surface area (Å²) >= 11 is 0. The molecule has 0 amide bonds. The van der Waals surface area contributed by atoms with Crippen LogP contribution in [0.3, 0.4) is 0 Å². The van der Waals surface area contributed by atoms with E-state index in [1.165, 1.54) is 45.0 Å². The van der Waals surface area contributed by atoms with Crippen LogP contribution in [0.25, 0.3) is 10.6 Å². The van der Waals surface area contributed by atoms with Gasteiger partial charge in [-0.05, 0) is 0 Å². The summed E-state index contributed by atoms with van der Waals surface area (Å²) in [4.78, 5) is 8.62. The fraction of sp³-hybridized carbons (Fsp3) is 0.600. The predicted octanol–water partition coefficient (Wildman–Crippen LogP) is 5.31. The average molecular weight is 424 g/mol. The van der Waals surface area contributed by atoms with E-state index in [0.29, 0.717) is 0 Å². The van der Waals surface area contributed by atoms with E-state index in [1.54, 1.807) is 28.2 Å². The summed E-state index contributed by atoms with van der Waals surface area (Å²) in [5, 5.41) is 7.00. The first-order valence-electron chi connectivity index (χ1n) is 8.18. The normalized spacial score (nSPS) is 8.80. The molecule has 2 aromatic heterocycles. The first-order chi connectivity index (χ1) is 11.1. The maximum Gasteiger partial charge on any atom is 4.00 e. The maximum absolute atomic E-state index is 4.31. The molecule has 0 saturated heterocycles. The second kappa shape index (κ2) is 15.6. The SMILES string of the molecule is C[N-]C.C[N-]C.Cc1n[c-](C)c(C)c1C.Cc1n[c-](C)c(C)c1C.[Zr+4]. The van der Waals surface area contributed by atoms with Gasteiger partial charge in [-0.2, -0.15) is 39.3 Å². The van der Waals surface area contributed by atoms with Crippen molar-refractivity contribution in [2.45, 2.75) is 55.4 Å². The van der Waals surface area contributed by atoms with Crippen molar-refractivity contribution in [1.29, 1.82) is 0 Å². The van der Waals surface area contributed by atoms with Gasteiger partial charge in [0.05, 0.1) is 0 Å². The van der Waals surface area contributed by atoms with Gasteiger partial charge in [0.25, 0.3) is 0 Å². The smallest absolute Gasteiger partial charge is 0.668 e. The Labute approximate surface area is 175 Å². The van der Waals surface area contributed by atoms with E-state index in [4.69, 9.17) is 0 Å². The molecule has 25 heavy (non-hydrogen) atoms. The third-order valence-electron chi connectivity index (χ3n) is 3.97. The fourth-order valence-corrected chi connectivity index (χ4v) is 1.92. The number of hydrogen-bond donors (Lipinski definition) is 0. The molecule has 0 aliphatic heterocycles. The minimum Gasteiger partial charge on any atom is -0.668 e. The van der Waals surface area contributed by atoms with Gasteiger partial charge in [-0.25, -0.2) is 0 Å². The van der Waals surface area contributed by atoms with Crippen LogP contribution < -0.4 is 0 Å². The molecule has 2 rings (SSSR count). The van der Waals surface area contributed by atoms with Crippen LogP contribution in [0.4, 0.5) is 0 Å². The Morgan fingerprint density at radius 1 is 0.600 bits per heavy atom. The van der Waals surface area contributed by atoms with Crippen molar-refractivity contribution < 1.29 is 26.2 Å². The molecule has 0 aromatic carbocycles. The van der Waals surface area contributed by atoms with Crippen molar-refractivity contribution in [3.05, 3.63) is 55.7 Å². The van der Waals surface area contributed by atoms with Crippen LogP contribution in [-0.4, -0.2) is 38.2 Å². The number of nitrogens with zero attached hydrogens (tertiary/aromatic N) is 4. The van der Waals surface area contributed by atoms with Crippen molar-refractivity contribution in [3.63, 3.8) is 0 Å². The van der Waals surface area contributed by atoms with Gasteiger partial charge < -0.3 is 20.6 Å². The zero-order valence-electron chi connectivity index (χ0n) is 18.3. The van der Waals surface area contributed by atoms with E-state index in [9.17, 15) is 0 Å². The summed E-state index contributed by atoms with van der Waals surface area (Å²) in [6.07, 6.45) is 0.